The molecule has 4 saturated carbocycles. The van der Waals surface area contributed by atoms with E-state index < -0.39 is 8.07 Å². The Labute approximate surface area is 391 Å². The van der Waals surface area contributed by atoms with Gasteiger partial charge in [-0.15, -0.1) is 53.1 Å². The zero-order valence-corrected chi connectivity index (χ0v) is 40.8. The van der Waals surface area contributed by atoms with Crippen molar-refractivity contribution in [3.63, 3.8) is 0 Å². The summed E-state index contributed by atoms with van der Waals surface area (Å²) in [5.74, 6) is 5.85. The van der Waals surface area contributed by atoms with Gasteiger partial charge in [-0.2, -0.15) is 0 Å². The van der Waals surface area contributed by atoms with E-state index in [0.29, 0.717) is 0 Å². The summed E-state index contributed by atoms with van der Waals surface area (Å²) in [5, 5.41) is 3.78. The number of aromatic nitrogens is 4. The number of nitrogens with zero attached hydrogens (tertiary/aromatic N) is 4. The molecule has 0 spiro atoms. The second-order valence-electron chi connectivity index (χ2n) is 19.6. The first-order valence-electron chi connectivity index (χ1n) is 23.0. The fourth-order valence-corrected chi connectivity index (χ4v) is 13.4. The molecule has 323 valence electrons. The first-order chi connectivity index (χ1) is 30.7. The van der Waals surface area contributed by atoms with E-state index in [4.69, 9.17) is 14.4 Å². The van der Waals surface area contributed by atoms with Gasteiger partial charge in [-0.25, -0.2) is 0 Å². The fourth-order valence-electron chi connectivity index (χ4n) is 11.8. The Hall–Kier alpha value is -5.46. The summed E-state index contributed by atoms with van der Waals surface area (Å²) in [6.45, 7) is 11.5. The first-order valence-corrected chi connectivity index (χ1v) is 26.5. The summed E-state index contributed by atoms with van der Waals surface area (Å²) in [6.07, 6.45) is 13.0. The van der Waals surface area contributed by atoms with Crippen molar-refractivity contribution in [1.82, 2.24) is 19.5 Å². The zero-order valence-electron chi connectivity index (χ0n) is 37.4. The Kier molecular flexibility index (Phi) is 11.4. The minimum absolute atomic E-state index is 0. The van der Waals surface area contributed by atoms with Crippen LogP contribution in [0, 0.1) is 55.6 Å². The van der Waals surface area contributed by atoms with E-state index >= 15 is 0 Å². The number of rotatable bonds is 7. The second-order valence-corrected chi connectivity index (χ2v) is 24.7. The van der Waals surface area contributed by atoms with Crippen molar-refractivity contribution in [3.8, 4) is 39.5 Å². The predicted molar refractivity (Wildman–Crippen MR) is 261 cm³/mol. The number of benzene rings is 5. The summed E-state index contributed by atoms with van der Waals surface area (Å²) in [5.41, 5.74) is 13.6. The van der Waals surface area contributed by atoms with Crippen LogP contribution >= 0.6 is 0 Å². The number of pyridine rings is 2. The molecular formula is C57H54IrN4OSi-2. The van der Waals surface area contributed by atoms with E-state index in [0.717, 1.165) is 113 Å². The Balaban J connectivity index is 0.000000155. The maximum atomic E-state index is 6.23. The summed E-state index contributed by atoms with van der Waals surface area (Å²) >= 11 is 0. The van der Waals surface area contributed by atoms with Gasteiger partial charge in [0.05, 0.1) is 36.2 Å². The van der Waals surface area contributed by atoms with E-state index in [-0.39, 0.29) is 20.1 Å². The smallest absolute Gasteiger partial charge is 0.123 e. The van der Waals surface area contributed by atoms with E-state index in [1.54, 1.807) is 17.2 Å². The maximum Gasteiger partial charge on any atom is 0.123 e. The van der Waals surface area contributed by atoms with Gasteiger partial charge in [0.15, 0.2) is 0 Å². The number of para-hydroxylation sites is 2. The number of fused-ring (bicyclic) bond motifs is 4. The van der Waals surface area contributed by atoms with Crippen LogP contribution in [-0.4, -0.2) is 27.6 Å². The van der Waals surface area contributed by atoms with Gasteiger partial charge in [0.2, 0.25) is 0 Å². The molecule has 0 aliphatic heterocycles. The summed E-state index contributed by atoms with van der Waals surface area (Å²) in [4.78, 5) is 14.5. The third kappa shape index (κ3) is 7.80. The Morgan fingerprint density at radius 2 is 1.47 bits per heavy atom. The van der Waals surface area contributed by atoms with Gasteiger partial charge >= 0.3 is 0 Å². The summed E-state index contributed by atoms with van der Waals surface area (Å²) in [7, 11) is -1.40. The van der Waals surface area contributed by atoms with Crippen LogP contribution in [0.5, 0.6) is 0 Å². The van der Waals surface area contributed by atoms with Gasteiger partial charge in [0.1, 0.15) is 5.58 Å². The Bertz CT molecular complexity index is 3100. The van der Waals surface area contributed by atoms with Crippen molar-refractivity contribution >= 4 is 46.2 Å². The molecule has 9 aromatic rings. The summed E-state index contributed by atoms with van der Waals surface area (Å²) in [6, 6.07) is 48.9. The van der Waals surface area contributed by atoms with Crippen LogP contribution in [0.3, 0.4) is 0 Å². The molecule has 0 amide bonds. The molecule has 4 aliphatic carbocycles. The van der Waals surface area contributed by atoms with Crippen LogP contribution in [0.1, 0.15) is 48.9 Å². The third-order valence-corrected chi connectivity index (χ3v) is 16.6. The number of hydrogen-bond acceptors (Lipinski definition) is 4. The molecule has 0 N–H and O–H groups in total. The standard InChI is InChI=1S/C32H22N3O.C25H32NSi.Ir/c1-20-18-23(19-29-30(20)25-13-7-9-15-28(25)36-29)32-34-31-21(2)33-17-16-27(31)35(32)26-14-8-6-12-24(26)22-10-4-3-5-11-22;1-27(2,3)25-16-26-24(19-7-5-4-6-8-19)15-22(25)14-23-20-10-17-9-18(12-20)13-21(23)11-17;/h3-18H,1-2H3;4-7,15-18,20-21,23H,9-14H2,1-3H3;/q2*-1;. The average Bonchev–Trinajstić information content (AvgIpc) is 3.88. The molecule has 4 bridgehead atoms. The molecule has 5 aromatic carbocycles. The third-order valence-electron chi connectivity index (χ3n) is 14.5. The molecule has 4 aliphatic rings. The van der Waals surface area contributed by atoms with Gasteiger partial charge in [-0.3, -0.25) is 9.97 Å². The van der Waals surface area contributed by atoms with Crippen molar-refractivity contribution in [2.24, 2.45) is 29.6 Å². The molecule has 13 rings (SSSR count). The van der Waals surface area contributed by atoms with Crippen LogP contribution in [-0.2, 0) is 26.5 Å². The van der Waals surface area contributed by atoms with E-state index in [1.807, 2.05) is 55.6 Å². The summed E-state index contributed by atoms with van der Waals surface area (Å²) < 4.78 is 8.46. The normalized spacial score (nSPS) is 20.0. The van der Waals surface area contributed by atoms with Crippen molar-refractivity contribution < 1.29 is 24.5 Å². The molecule has 4 aromatic heterocycles. The largest absolute Gasteiger partial charge is 0.477 e. The number of imidazole rings is 1. The van der Waals surface area contributed by atoms with Gasteiger partial charge in [-0.05, 0) is 115 Å². The van der Waals surface area contributed by atoms with E-state index in [2.05, 4.69) is 133 Å². The molecule has 4 fully saturated rings. The van der Waals surface area contributed by atoms with Crippen LogP contribution in [0.4, 0.5) is 0 Å². The topological polar surface area (TPSA) is 56.7 Å². The molecular weight excluding hydrogens is 977 g/mol. The zero-order chi connectivity index (χ0) is 42.8. The Morgan fingerprint density at radius 1 is 0.750 bits per heavy atom. The number of aryl methyl sites for hydroxylation is 2. The first kappa shape index (κ1) is 42.5. The second kappa shape index (κ2) is 17.2. The van der Waals surface area contributed by atoms with Crippen LogP contribution < -0.4 is 5.19 Å². The monoisotopic (exact) mass is 1030 g/mol. The predicted octanol–water partition coefficient (Wildman–Crippen LogP) is 13.8. The van der Waals surface area contributed by atoms with Gasteiger partial charge in [0.25, 0.3) is 0 Å². The SMILES string of the molecule is C[Si](C)(C)c1cnc(-c2[c-]cccc2)cc1CC1C2CC3CC(C2)CC1C3.Cc1nccc2c1nc(-c1[c-]c3oc4ccccc4c3c(C)c1)n2-c1ccccc1-c1ccccc1.[Ir]. The molecule has 0 atom stereocenters. The van der Waals surface area contributed by atoms with Crippen molar-refractivity contribution in [1.29, 1.82) is 0 Å². The van der Waals surface area contributed by atoms with Crippen LogP contribution in [0.2, 0.25) is 19.6 Å². The van der Waals surface area contributed by atoms with Gasteiger partial charge in [0, 0.05) is 43.7 Å². The quantitative estimate of drug-likeness (QED) is 0.118. The van der Waals surface area contributed by atoms with Crippen molar-refractivity contribution in [2.75, 3.05) is 0 Å². The molecule has 64 heavy (non-hydrogen) atoms. The van der Waals surface area contributed by atoms with E-state index in [1.165, 1.54) is 32.1 Å². The maximum absolute atomic E-state index is 6.23. The molecule has 1 radical (unpaired) electrons. The number of hydrogen-bond donors (Lipinski definition) is 0. The van der Waals surface area contributed by atoms with Crippen molar-refractivity contribution in [3.05, 3.63) is 163 Å². The molecule has 0 saturated heterocycles. The minimum atomic E-state index is -1.40. The fraction of sp³-hybridized carbons (Fsp3) is 0.281. The average molecular weight is 1030 g/mol. The van der Waals surface area contributed by atoms with Crippen LogP contribution in [0.15, 0.2) is 138 Å². The molecule has 4 heterocycles. The molecule has 5 nitrogen and oxygen atoms in total. The molecule has 7 heteroatoms. The van der Waals surface area contributed by atoms with Gasteiger partial charge < -0.3 is 14.0 Å². The minimum Gasteiger partial charge on any atom is -0.477 e. The Morgan fingerprint density at radius 3 is 2.22 bits per heavy atom. The van der Waals surface area contributed by atoms with E-state index in [9.17, 15) is 0 Å². The molecule has 0 unspecified atom stereocenters. The van der Waals surface area contributed by atoms with Crippen molar-refractivity contribution in [2.45, 2.75) is 72.0 Å². The van der Waals surface area contributed by atoms with Crippen LogP contribution in [0.25, 0.3) is 72.4 Å². The number of furan rings is 1. The van der Waals surface area contributed by atoms with Gasteiger partial charge in [-0.1, -0.05) is 116 Å².